The van der Waals surface area contributed by atoms with Gasteiger partial charge >= 0.3 is 6.85 Å². The molecule has 346 valence electrons. The Balaban J connectivity index is 1.31. The highest BCUT2D eigenvalue weighted by molar-refractivity contribution is 6.91. The van der Waals surface area contributed by atoms with E-state index in [1.807, 2.05) is 0 Å². The highest BCUT2D eigenvalue weighted by Crippen LogP contribution is 2.51. The minimum atomic E-state index is -0.126. The molecule has 0 bridgehead atoms. The predicted octanol–water partition coefficient (Wildman–Crippen LogP) is 17.2. The van der Waals surface area contributed by atoms with Crippen molar-refractivity contribution in [1.82, 2.24) is 4.48 Å². The van der Waals surface area contributed by atoms with Crippen LogP contribution in [0.4, 0.5) is 34.1 Å². The van der Waals surface area contributed by atoms with Gasteiger partial charge in [-0.25, -0.2) is 0 Å². The molecule has 1 aromatic heterocycles. The van der Waals surface area contributed by atoms with Gasteiger partial charge in [0.15, 0.2) is 0 Å². The van der Waals surface area contributed by atoms with Gasteiger partial charge in [0.05, 0.1) is 0 Å². The molecule has 0 fully saturated rings. The first kappa shape index (κ1) is 44.2. The number of hydrogen-bond acceptors (Lipinski definition) is 2. The van der Waals surface area contributed by atoms with Crippen molar-refractivity contribution in [2.75, 3.05) is 9.80 Å². The van der Waals surface area contributed by atoms with Gasteiger partial charge in [0, 0.05) is 61.5 Å². The lowest BCUT2D eigenvalue weighted by molar-refractivity contribution is 0.569. The predicted molar refractivity (Wildman–Crippen MR) is 304 cm³/mol. The number of anilines is 6. The Morgan fingerprint density at radius 2 is 0.929 bits per heavy atom. The largest absolute Gasteiger partial charge is 0.375 e. The second-order valence-corrected chi connectivity index (χ2v) is 24.4. The molecule has 0 amide bonds. The van der Waals surface area contributed by atoms with E-state index < -0.39 is 0 Å². The zero-order valence-electron chi connectivity index (χ0n) is 43.1. The highest BCUT2D eigenvalue weighted by atomic mass is 15.2. The molecule has 0 radical (unpaired) electrons. The molecule has 3 nitrogen and oxygen atoms in total. The van der Waals surface area contributed by atoms with Gasteiger partial charge in [-0.05, 0) is 173 Å². The summed E-state index contributed by atoms with van der Waals surface area (Å²) in [5.74, 6) is 0. The van der Waals surface area contributed by atoms with E-state index in [4.69, 9.17) is 0 Å². The first-order chi connectivity index (χ1) is 33.2. The molecular weight excluding hydrogens is 846 g/mol. The molecule has 2 aliphatic rings. The van der Waals surface area contributed by atoms with E-state index in [1.54, 1.807) is 0 Å². The second-order valence-electron chi connectivity index (χ2n) is 24.4. The average Bonchev–Trinajstić information content (AvgIpc) is 3.65. The fourth-order valence-electron chi connectivity index (χ4n) is 11.5. The zero-order chi connectivity index (χ0) is 48.8. The first-order valence-electron chi connectivity index (χ1n) is 25.4. The van der Waals surface area contributed by atoms with Gasteiger partial charge in [-0.2, -0.15) is 0 Å². The summed E-state index contributed by atoms with van der Waals surface area (Å²) >= 11 is 0. The van der Waals surface area contributed by atoms with Crippen LogP contribution in [0.25, 0.3) is 54.5 Å². The summed E-state index contributed by atoms with van der Waals surface area (Å²) in [5.41, 5.74) is 19.9. The number of aromatic nitrogens is 1. The van der Waals surface area contributed by atoms with E-state index in [0.717, 1.165) is 17.1 Å². The molecule has 4 heteroatoms. The van der Waals surface area contributed by atoms with Gasteiger partial charge in [-0.3, -0.25) is 0 Å². The minimum absolute atomic E-state index is 0.0146. The van der Waals surface area contributed by atoms with Crippen molar-refractivity contribution < 1.29 is 0 Å². The molecular formula is C66H64BN3. The summed E-state index contributed by atoms with van der Waals surface area (Å²) in [6, 6.07) is 65.4. The van der Waals surface area contributed by atoms with Crippen LogP contribution in [-0.4, -0.2) is 11.3 Å². The van der Waals surface area contributed by atoms with E-state index in [1.165, 1.54) is 105 Å². The standard InChI is InChI=1S/C66H64BN3/c1-63(2,3)44-28-30-57-53(36-44)55-37-47(66(10,11)12)38-56-54-39-51(68(48-23-15-13-16-24-48)49-25-17-14-18-26-49)40-59-61(54)67(70(57)62(55)56)60-52-32-42-22-20-19-21-41(42)31-43(52)27-29-58(60)69(59)50-34-45(64(4,5)6)33-46(35-50)65(7,8)9/h13-40H,1-12H3. The molecule has 3 heterocycles. The van der Waals surface area contributed by atoms with Crippen LogP contribution in [0.3, 0.4) is 0 Å². The topological polar surface area (TPSA) is 11.4 Å². The van der Waals surface area contributed by atoms with E-state index in [-0.39, 0.29) is 28.5 Å². The van der Waals surface area contributed by atoms with Crippen molar-refractivity contribution in [3.05, 3.63) is 192 Å². The third-order valence-electron chi connectivity index (χ3n) is 15.4. The molecule has 0 atom stereocenters. The SMILES string of the molecule is CC(C)(C)c1cc(N2c3cc(N(c4ccccc4)c4ccccc4)cc4c3B(c3c2ccc2cc5ccccc5cc32)n2c3ccc(C(C)(C)C)cc3c3cc(C(C)(C)C)cc-4c32)cc(C(C)(C)C)c1. The van der Waals surface area contributed by atoms with Crippen LogP contribution in [0.2, 0.25) is 0 Å². The Morgan fingerprint density at radius 1 is 0.371 bits per heavy atom. The van der Waals surface area contributed by atoms with Crippen molar-refractivity contribution in [2.24, 2.45) is 0 Å². The van der Waals surface area contributed by atoms with Crippen LogP contribution in [0.5, 0.6) is 0 Å². The molecule has 0 saturated heterocycles. The summed E-state index contributed by atoms with van der Waals surface area (Å²) < 4.78 is 2.76. The molecule has 0 N–H and O–H groups in total. The van der Waals surface area contributed by atoms with E-state index >= 15 is 0 Å². The monoisotopic (exact) mass is 910 g/mol. The van der Waals surface area contributed by atoms with Crippen LogP contribution in [-0.2, 0) is 21.7 Å². The number of benzene rings is 9. The maximum Gasteiger partial charge on any atom is 0.333 e. The van der Waals surface area contributed by atoms with Gasteiger partial charge < -0.3 is 14.3 Å². The van der Waals surface area contributed by atoms with Gasteiger partial charge in [0.1, 0.15) is 0 Å². The molecule has 9 aromatic carbocycles. The smallest absolute Gasteiger partial charge is 0.333 e. The number of para-hydroxylation sites is 2. The van der Waals surface area contributed by atoms with Crippen LogP contribution in [0, 0.1) is 0 Å². The Kier molecular flexibility index (Phi) is 9.62. The first-order valence-corrected chi connectivity index (χ1v) is 25.4. The van der Waals surface area contributed by atoms with Crippen LogP contribution in [0.15, 0.2) is 170 Å². The fraction of sp³-hybridized carbons (Fsp3) is 0.242. The number of hydrogen-bond donors (Lipinski definition) is 0. The molecule has 0 spiro atoms. The van der Waals surface area contributed by atoms with Gasteiger partial charge in [-0.15, -0.1) is 0 Å². The van der Waals surface area contributed by atoms with Crippen LogP contribution in [0.1, 0.15) is 105 Å². The summed E-state index contributed by atoms with van der Waals surface area (Å²) in [5, 5.41) is 7.71. The van der Waals surface area contributed by atoms with Crippen LogP contribution >= 0.6 is 0 Å². The summed E-state index contributed by atoms with van der Waals surface area (Å²) in [7, 11) is 0. The lowest BCUT2D eigenvalue weighted by Gasteiger charge is -2.43. The Morgan fingerprint density at radius 3 is 1.53 bits per heavy atom. The number of fused-ring (bicyclic) bond motifs is 10. The molecule has 0 unspecified atom stereocenters. The lowest BCUT2D eigenvalue weighted by atomic mass is 9.44. The molecule has 0 aliphatic carbocycles. The van der Waals surface area contributed by atoms with E-state index in [0.29, 0.717) is 0 Å². The highest BCUT2D eigenvalue weighted by Gasteiger charge is 2.45. The van der Waals surface area contributed by atoms with Crippen molar-refractivity contribution in [3.63, 3.8) is 0 Å². The quantitative estimate of drug-likeness (QED) is 0.129. The third kappa shape index (κ3) is 6.92. The summed E-state index contributed by atoms with van der Waals surface area (Å²) in [6.45, 7) is 28.1. The molecule has 12 rings (SSSR count). The Labute approximate surface area is 415 Å². The van der Waals surface area contributed by atoms with E-state index in [2.05, 4.69) is 267 Å². The van der Waals surface area contributed by atoms with E-state index in [9.17, 15) is 0 Å². The van der Waals surface area contributed by atoms with Gasteiger partial charge in [0.2, 0.25) is 0 Å². The van der Waals surface area contributed by atoms with Crippen molar-refractivity contribution in [1.29, 1.82) is 0 Å². The minimum Gasteiger partial charge on any atom is -0.375 e. The summed E-state index contributed by atoms with van der Waals surface area (Å²) in [6.07, 6.45) is 0. The normalized spacial score (nSPS) is 13.7. The fourth-order valence-corrected chi connectivity index (χ4v) is 11.5. The van der Waals surface area contributed by atoms with Gasteiger partial charge in [0.25, 0.3) is 0 Å². The Hall–Kier alpha value is -7.04. The molecule has 0 saturated carbocycles. The van der Waals surface area contributed by atoms with Crippen molar-refractivity contribution in [3.8, 4) is 11.1 Å². The van der Waals surface area contributed by atoms with Crippen LogP contribution < -0.4 is 20.7 Å². The van der Waals surface area contributed by atoms with Crippen molar-refractivity contribution in [2.45, 2.75) is 105 Å². The molecule has 10 aromatic rings. The molecule has 70 heavy (non-hydrogen) atoms. The average molecular weight is 910 g/mol. The summed E-state index contributed by atoms with van der Waals surface area (Å²) in [4.78, 5) is 5.11. The lowest BCUT2D eigenvalue weighted by Crippen LogP contribution is -2.57. The van der Waals surface area contributed by atoms with Gasteiger partial charge in [-0.1, -0.05) is 162 Å². The number of nitrogens with zero attached hydrogens (tertiary/aromatic N) is 3. The zero-order valence-corrected chi connectivity index (χ0v) is 43.1. The maximum atomic E-state index is 2.76. The molecule has 2 aliphatic heterocycles. The number of rotatable bonds is 4. The van der Waals surface area contributed by atoms with Crippen molar-refractivity contribution >= 4 is 95.2 Å². The third-order valence-corrected chi connectivity index (χ3v) is 15.4. The second kappa shape index (κ2) is 15.2. The Bertz CT molecular complexity index is 3680. The maximum absolute atomic E-state index is 2.76.